The first kappa shape index (κ1) is 24.4. The van der Waals surface area contributed by atoms with Gasteiger partial charge in [0, 0.05) is 12.0 Å². The highest BCUT2D eigenvalue weighted by molar-refractivity contribution is 6.61. The molecule has 0 spiro atoms. The first-order chi connectivity index (χ1) is 16.1. The molecule has 0 amide bonds. The Labute approximate surface area is 202 Å². The fourth-order valence-electron chi connectivity index (χ4n) is 6.56. The monoisotopic (exact) mass is 477 g/mol. The summed E-state index contributed by atoms with van der Waals surface area (Å²) in [5, 5.41) is 6.66. The number of hydrogen-bond donors (Lipinski definition) is 3. The Kier molecular flexibility index (Phi) is 7.97. The molecule has 2 bridgehead atoms. The summed E-state index contributed by atoms with van der Waals surface area (Å²) in [6.07, 6.45) is 19.7. The number of rotatable bonds is 5. The second-order valence-corrected chi connectivity index (χ2v) is 14.1. The van der Waals surface area contributed by atoms with Crippen LogP contribution in [-0.2, 0) is 13.3 Å². The number of allylic oxidation sites excluding steroid dienone is 1. The highest BCUT2D eigenvalue weighted by atomic mass is 28.4. The highest BCUT2D eigenvalue weighted by Gasteiger charge is 2.71. The maximum Gasteiger partial charge on any atom is 0.502 e. The number of hydrogen-bond acceptors (Lipinski definition) is 6. The average molecular weight is 478 g/mol. The molecule has 3 aliphatic heterocycles. The van der Waals surface area contributed by atoms with Crippen LogP contribution in [0.4, 0.5) is 0 Å². The summed E-state index contributed by atoms with van der Waals surface area (Å²) in [6, 6.07) is 0.910. The molecule has 0 radical (unpaired) electrons. The highest BCUT2D eigenvalue weighted by Crippen LogP contribution is 2.59. The van der Waals surface area contributed by atoms with Crippen LogP contribution in [0.25, 0.3) is 0 Å². The van der Waals surface area contributed by atoms with E-state index in [1.807, 2.05) is 0 Å². The molecule has 3 saturated heterocycles. The minimum absolute atomic E-state index is 0.101. The summed E-state index contributed by atoms with van der Waals surface area (Å²) >= 11 is 0. The molecule has 4 N–H and O–H groups in total. The summed E-state index contributed by atoms with van der Waals surface area (Å²) in [7, 11) is -2.60. The van der Waals surface area contributed by atoms with Crippen molar-refractivity contribution in [3.8, 4) is 0 Å². The van der Waals surface area contributed by atoms with Crippen molar-refractivity contribution in [1.29, 1.82) is 0 Å². The van der Waals surface area contributed by atoms with Gasteiger partial charge in [-0.25, -0.2) is 0 Å². The molecular weight excluding hydrogens is 430 g/mol. The first-order valence-corrected chi connectivity index (χ1v) is 16.0. The second kappa shape index (κ2) is 10.8. The summed E-state index contributed by atoms with van der Waals surface area (Å²) in [4.78, 5) is 0. The lowest BCUT2D eigenvalue weighted by Crippen LogP contribution is -2.46. The Morgan fingerprint density at radius 3 is 2.30 bits per heavy atom. The van der Waals surface area contributed by atoms with Gasteiger partial charge in [-0.1, -0.05) is 70.8 Å². The van der Waals surface area contributed by atoms with Crippen molar-refractivity contribution in [2.75, 3.05) is 6.54 Å². The molecule has 0 aromatic rings. The van der Waals surface area contributed by atoms with Gasteiger partial charge < -0.3 is 19.0 Å². The van der Waals surface area contributed by atoms with Crippen LogP contribution in [-0.4, -0.2) is 46.0 Å². The number of nitrogens with two attached hydrogens (primary N) is 1. The van der Waals surface area contributed by atoms with Crippen molar-refractivity contribution in [3.63, 3.8) is 0 Å². The molecule has 5 aliphatic rings. The molecule has 33 heavy (non-hydrogen) atoms. The Bertz CT molecular complexity index is 694. The number of fused-ring (bicyclic) bond motifs is 2. The summed E-state index contributed by atoms with van der Waals surface area (Å²) in [6.45, 7) is 5.58. The van der Waals surface area contributed by atoms with Crippen molar-refractivity contribution in [3.05, 3.63) is 11.6 Å². The van der Waals surface area contributed by atoms with Gasteiger partial charge in [-0.2, -0.15) is 0 Å². The minimum atomic E-state index is -2.60. The lowest BCUT2D eigenvalue weighted by atomic mass is 9.94. The molecule has 7 heteroatoms. The molecule has 5 rings (SSSR count). The van der Waals surface area contributed by atoms with Crippen LogP contribution >= 0.6 is 0 Å². The molecule has 1 saturated carbocycles. The van der Waals surface area contributed by atoms with Crippen LogP contribution in [0, 0.1) is 17.8 Å². The van der Waals surface area contributed by atoms with E-state index in [2.05, 4.69) is 30.6 Å². The second-order valence-electron chi connectivity index (χ2n) is 11.5. The van der Waals surface area contributed by atoms with Crippen LogP contribution in [0.3, 0.4) is 0 Å². The zero-order valence-electron chi connectivity index (χ0n) is 20.9. The van der Waals surface area contributed by atoms with Gasteiger partial charge in [0.05, 0.1) is 30.6 Å². The van der Waals surface area contributed by atoms with E-state index in [1.54, 1.807) is 0 Å². The van der Waals surface area contributed by atoms with Crippen LogP contribution in [0.1, 0.15) is 90.9 Å². The molecule has 2 aliphatic carbocycles. The lowest BCUT2D eigenvalue weighted by molar-refractivity contribution is 0.0609. The number of nitrogens with one attached hydrogen (secondary N) is 2. The Morgan fingerprint density at radius 2 is 1.61 bits per heavy atom. The third-order valence-corrected chi connectivity index (χ3v) is 11.5. The zero-order valence-corrected chi connectivity index (χ0v) is 21.9. The first-order valence-electron chi connectivity index (χ1n) is 14.0. The van der Waals surface area contributed by atoms with Gasteiger partial charge in [-0.3, -0.25) is 10.6 Å². The van der Waals surface area contributed by atoms with Crippen LogP contribution in [0.15, 0.2) is 11.6 Å². The quantitative estimate of drug-likeness (QED) is 0.235. The predicted molar refractivity (Wildman–Crippen MR) is 133 cm³/mol. The molecular formula is C26H47N3O3Si. The van der Waals surface area contributed by atoms with E-state index in [0.717, 1.165) is 19.0 Å². The third-order valence-electron chi connectivity index (χ3n) is 8.61. The maximum atomic E-state index is 6.76. The fourth-order valence-corrected chi connectivity index (χ4v) is 9.84. The average Bonchev–Trinajstić information content (AvgIpc) is 3.65. The standard InChI is InChI=1S/C26H47N3O3Si/c1-18-13-10-8-6-4-3-5-7-9-11-14-20-21-23(20)31-33(16-12-15-28-26-25(27)29-26)30-22(19(2)17-18)24(21)32-33/h17-18,20-26,28-29H,3-16,27H2,1-2H3. The van der Waals surface area contributed by atoms with Gasteiger partial charge >= 0.3 is 8.80 Å². The smallest absolute Gasteiger partial charge is 0.370 e. The molecule has 6 nitrogen and oxygen atoms in total. The van der Waals surface area contributed by atoms with E-state index < -0.39 is 8.80 Å². The molecule has 9 unspecified atom stereocenters. The maximum absolute atomic E-state index is 6.76. The minimum Gasteiger partial charge on any atom is -0.370 e. The van der Waals surface area contributed by atoms with Gasteiger partial charge in [-0.05, 0) is 50.1 Å². The van der Waals surface area contributed by atoms with Gasteiger partial charge in [0.1, 0.15) is 0 Å². The summed E-state index contributed by atoms with van der Waals surface area (Å²) in [5.41, 5.74) is 7.21. The molecule has 4 fully saturated rings. The van der Waals surface area contributed by atoms with Crippen LogP contribution in [0.5, 0.6) is 0 Å². The Hall–Kier alpha value is -0.283. The molecule has 3 heterocycles. The Balaban J connectivity index is 1.24. The summed E-state index contributed by atoms with van der Waals surface area (Å²) in [5.74, 6) is 1.84. The fraction of sp³-hybridized carbons (Fsp3) is 0.923. The van der Waals surface area contributed by atoms with E-state index in [9.17, 15) is 0 Å². The predicted octanol–water partition coefficient (Wildman–Crippen LogP) is 4.44. The van der Waals surface area contributed by atoms with E-state index in [0.29, 0.717) is 23.9 Å². The summed E-state index contributed by atoms with van der Waals surface area (Å²) < 4.78 is 20.2. The van der Waals surface area contributed by atoms with Crippen LogP contribution in [0.2, 0.25) is 6.04 Å². The van der Waals surface area contributed by atoms with Crippen molar-refractivity contribution in [1.82, 2.24) is 10.6 Å². The largest absolute Gasteiger partial charge is 0.502 e. The van der Waals surface area contributed by atoms with Crippen LogP contribution < -0.4 is 16.4 Å². The van der Waals surface area contributed by atoms with E-state index in [4.69, 9.17) is 19.0 Å². The normalized spacial score (nSPS) is 46.2. The molecule has 0 aromatic carbocycles. The third kappa shape index (κ3) is 5.93. The lowest BCUT2D eigenvalue weighted by Gasteiger charge is -2.27. The van der Waals surface area contributed by atoms with Gasteiger partial charge in [0.15, 0.2) is 0 Å². The zero-order chi connectivity index (χ0) is 22.8. The van der Waals surface area contributed by atoms with E-state index in [1.165, 1.54) is 76.2 Å². The van der Waals surface area contributed by atoms with E-state index >= 15 is 0 Å². The molecule has 188 valence electrons. The van der Waals surface area contributed by atoms with Gasteiger partial charge in [-0.15, -0.1) is 0 Å². The van der Waals surface area contributed by atoms with Crippen molar-refractivity contribution >= 4 is 8.80 Å². The van der Waals surface area contributed by atoms with Gasteiger partial charge in [0.2, 0.25) is 0 Å². The SMILES string of the molecule is CC1=CC(C)CCCCCCCCCCCC2C3O[Si]4(CCCNC5NC5N)OC1C(O4)C23. The van der Waals surface area contributed by atoms with Crippen molar-refractivity contribution in [2.24, 2.45) is 23.5 Å². The van der Waals surface area contributed by atoms with Crippen molar-refractivity contribution in [2.45, 2.75) is 128 Å². The Morgan fingerprint density at radius 1 is 0.970 bits per heavy atom. The van der Waals surface area contributed by atoms with Crippen molar-refractivity contribution < 1.29 is 13.3 Å². The molecule has 0 aromatic heterocycles. The van der Waals surface area contributed by atoms with Gasteiger partial charge in [0.25, 0.3) is 0 Å². The topological polar surface area (TPSA) is 87.7 Å². The molecule has 9 atom stereocenters. The van der Waals surface area contributed by atoms with E-state index in [-0.39, 0.29) is 24.5 Å².